The van der Waals surface area contributed by atoms with Crippen molar-refractivity contribution in [3.63, 3.8) is 0 Å². The first kappa shape index (κ1) is 28.8. The Morgan fingerprint density at radius 3 is 2.58 bits per heavy atom. The van der Waals surface area contributed by atoms with Crippen LogP contribution in [-0.2, 0) is 17.8 Å². The van der Waals surface area contributed by atoms with E-state index in [0.717, 1.165) is 60.3 Å². The van der Waals surface area contributed by atoms with Crippen LogP contribution in [-0.4, -0.2) is 72.3 Å². The highest BCUT2D eigenvalue weighted by molar-refractivity contribution is 5.81. The van der Waals surface area contributed by atoms with Crippen molar-refractivity contribution in [2.75, 3.05) is 51.1 Å². The van der Waals surface area contributed by atoms with Gasteiger partial charge in [0.1, 0.15) is 0 Å². The van der Waals surface area contributed by atoms with Crippen molar-refractivity contribution in [2.45, 2.75) is 57.8 Å². The molecule has 0 radical (unpaired) electrons. The van der Waals surface area contributed by atoms with Crippen molar-refractivity contribution in [1.82, 2.24) is 14.7 Å². The summed E-state index contributed by atoms with van der Waals surface area (Å²) in [6.07, 6.45) is 0.849. The van der Waals surface area contributed by atoms with Crippen molar-refractivity contribution >= 4 is 11.6 Å². The number of nitrogens with zero attached hydrogens (tertiary/aromatic N) is 3. The number of amides is 1. The minimum absolute atomic E-state index is 0.0747. The molecule has 0 aromatic heterocycles. The first-order chi connectivity index (χ1) is 19.1. The number of halogens is 5. The Kier molecular flexibility index (Phi) is 8.66. The fraction of sp³-hybridized carbons (Fsp3) is 0.567. The molecule has 1 saturated heterocycles. The summed E-state index contributed by atoms with van der Waals surface area (Å²) in [5.41, 5.74) is 2.85. The summed E-state index contributed by atoms with van der Waals surface area (Å²) in [6, 6.07) is 7.95. The predicted octanol–water partition coefficient (Wildman–Crippen LogP) is 5.68. The van der Waals surface area contributed by atoms with Gasteiger partial charge in [0.05, 0.1) is 6.54 Å². The number of anilines is 1. The fourth-order valence-corrected chi connectivity index (χ4v) is 5.74. The molecule has 1 amide bonds. The number of alkyl halides is 3. The molecule has 0 spiro atoms. The highest BCUT2D eigenvalue weighted by Gasteiger charge is 2.35. The zero-order chi connectivity index (χ0) is 28.4. The number of fused-ring (bicyclic) bond motifs is 1. The van der Waals surface area contributed by atoms with Gasteiger partial charge >= 0.3 is 0 Å². The molecule has 218 valence electrons. The van der Waals surface area contributed by atoms with Gasteiger partial charge in [-0.1, -0.05) is 18.2 Å². The quantitative estimate of drug-likeness (QED) is 0.298. The van der Waals surface area contributed by atoms with E-state index in [1.165, 1.54) is 25.3 Å². The van der Waals surface area contributed by atoms with E-state index in [0.29, 0.717) is 0 Å². The molecule has 40 heavy (non-hydrogen) atoms. The van der Waals surface area contributed by atoms with Crippen molar-refractivity contribution in [3.05, 3.63) is 64.2 Å². The first-order valence-electron chi connectivity index (χ1n) is 14.2. The maximum atomic E-state index is 15.9. The molecule has 2 heterocycles. The van der Waals surface area contributed by atoms with Crippen LogP contribution in [0.25, 0.3) is 0 Å². The Labute approximate surface area is 232 Å². The summed E-state index contributed by atoms with van der Waals surface area (Å²) >= 11 is 0. The summed E-state index contributed by atoms with van der Waals surface area (Å²) in [4.78, 5) is 18.7. The number of carbonyl (C=O) groups is 1. The van der Waals surface area contributed by atoms with Crippen molar-refractivity contribution in [3.8, 4) is 0 Å². The molecule has 2 fully saturated rings. The summed E-state index contributed by atoms with van der Waals surface area (Å²) in [6.45, 7) is 4.40. The number of likely N-dealkylation sites (tertiary alicyclic amines) is 1. The van der Waals surface area contributed by atoms with Gasteiger partial charge in [-0.3, -0.25) is 9.69 Å². The van der Waals surface area contributed by atoms with Crippen LogP contribution in [0.15, 0.2) is 30.3 Å². The number of hydrogen-bond donors (Lipinski definition) is 1. The minimum atomic E-state index is -2.72. The molecule has 2 aromatic rings. The number of carbonyl (C=O) groups excluding carboxylic acids is 1. The summed E-state index contributed by atoms with van der Waals surface area (Å²) in [5, 5.41) is 3.19. The topological polar surface area (TPSA) is 38.8 Å². The van der Waals surface area contributed by atoms with Gasteiger partial charge in [0.25, 0.3) is 5.92 Å². The molecule has 5 nitrogen and oxygen atoms in total. The number of rotatable bonds is 10. The van der Waals surface area contributed by atoms with Crippen LogP contribution in [0.2, 0.25) is 0 Å². The average Bonchev–Trinajstić information content (AvgIpc) is 3.75. The number of hydrogen-bond acceptors (Lipinski definition) is 4. The zero-order valence-corrected chi connectivity index (χ0v) is 22.9. The lowest BCUT2D eigenvalue weighted by Gasteiger charge is -2.34. The van der Waals surface area contributed by atoms with Crippen molar-refractivity contribution in [1.29, 1.82) is 0 Å². The Morgan fingerprint density at radius 2 is 1.85 bits per heavy atom. The van der Waals surface area contributed by atoms with E-state index in [4.69, 9.17) is 0 Å². The fourth-order valence-electron chi connectivity index (χ4n) is 5.74. The average molecular weight is 565 g/mol. The second-order valence-corrected chi connectivity index (χ2v) is 11.4. The van der Waals surface area contributed by atoms with Crippen LogP contribution in [0, 0.1) is 24.5 Å². The molecule has 1 saturated carbocycles. The standard InChI is InChI=1S/C30H37F5N4O/c1-20-23(7-8-25(31)28(20)32)29(33)39(16-15-37-13-10-30(34,35)11-14-37)27(40)17-36-26-4-2-3-22-19-38(12-9-24(22)26)18-21-5-6-21/h2-4,7-8,21,29,36H,5-6,9-19H2,1H3. The largest absolute Gasteiger partial charge is 0.376 e. The molecule has 1 atom stereocenters. The van der Waals surface area contributed by atoms with E-state index >= 15 is 4.39 Å². The second kappa shape index (κ2) is 12.0. The third-order valence-electron chi connectivity index (χ3n) is 8.46. The number of piperidine rings is 1. The molecule has 0 bridgehead atoms. The highest BCUT2D eigenvalue weighted by atomic mass is 19.3. The monoisotopic (exact) mass is 564 g/mol. The molecular formula is C30H37F5N4O. The molecule has 2 aromatic carbocycles. The highest BCUT2D eigenvalue weighted by Crippen LogP contribution is 2.33. The van der Waals surface area contributed by atoms with Gasteiger partial charge in [-0.2, -0.15) is 0 Å². The van der Waals surface area contributed by atoms with Gasteiger partial charge in [-0.25, -0.2) is 22.0 Å². The number of nitrogens with one attached hydrogen (secondary N) is 1. The van der Waals surface area contributed by atoms with Crippen LogP contribution in [0.1, 0.15) is 54.2 Å². The van der Waals surface area contributed by atoms with Crippen LogP contribution in [0.4, 0.5) is 27.6 Å². The lowest BCUT2D eigenvalue weighted by atomic mass is 9.97. The Hall–Kier alpha value is -2.72. The molecule has 10 heteroatoms. The summed E-state index contributed by atoms with van der Waals surface area (Å²) < 4.78 is 71.1. The van der Waals surface area contributed by atoms with E-state index in [-0.39, 0.29) is 56.7 Å². The molecule has 1 unspecified atom stereocenters. The lowest BCUT2D eigenvalue weighted by Crippen LogP contribution is -2.46. The van der Waals surface area contributed by atoms with Gasteiger partial charge < -0.3 is 15.1 Å². The van der Waals surface area contributed by atoms with Crippen LogP contribution < -0.4 is 5.32 Å². The SMILES string of the molecule is Cc1c(C(F)N(CCN2CCC(F)(F)CC2)C(=O)CNc2cccc3c2CCN(CC2CC2)C3)ccc(F)c1F. The maximum absolute atomic E-state index is 15.9. The van der Waals surface area contributed by atoms with Crippen LogP contribution in [0.3, 0.4) is 0 Å². The minimum Gasteiger partial charge on any atom is -0.376 e. The van der Waals surface area contributed by atoms with E-state index in [1.54, 1.807) is 4.90 Å². The van der Waals surface area contributed by atoms with Crippen LogP contribution in [0.5, 0.6) is 0 Å². The van der Waals surface area contributed by atoms with E-state index in [1.807, 2.05) is 12.1 Å². The third-order valence-corrected chi connectivity index (χ3v) is 8.46. The van der Waals surface area contributed by atoms with Gasteiger partial charge in [0.2, 0.25) is 12.2 Å². The smallest absolute Gasteiger partial charge is 0.250 e. The van der Waals surface area contributed by atoms with E-state index in [9.17, 15) is 22.4 Å². The molecule has 2 aliphatic heterocycles. The Bertz CT molecular complexity index is 1210. The molecule has 1 aliphatic carbocycles. The summed E-state index contributed by atoms with van der Waals surface area (Å²) in [7, 11) is 0. The van der Waals surface area contributed by atoms with Crippen LogP contribution >= 0.6 is 0 Å². The van der Waals surface area contributed by atoms with Gasteiger partial charge in [0, 0.05) is 69.9 Å². The Balaban J connectivity index is 1.28. The van der Waals surface area contributed by atoms with Crippen molar-refractivity contribution < 1.29 is 26.7 Å². The van der Waals surface area contributed by atoms with Gasteiger partial charge in [-0.05, 0) is 60.9 Å². The molecule has 5 rings (SSSR count). The van der Waals surface area contributed by atoms with Crippen molar-refractivity contribution in [2.24, 2.45) is 5.92 Å². The lowest BCUT2D eigenvalue weighted by molar-refractivity contribution is -0.136. The van der Waals surface area contributed by atoms with E-state index < -0.39 is 29.8 Å². The second-order valence-electron chi connectivity index (χ2n) is 11.4. The molecule has 3 aliphatic rings. The molecular weight excluding hydrogens is 527 g/mol. The van der Waals surface area contributed by atoms with Gasteiger partial charge in [-0.15, -0.1) is 0 Å². The maximum Gasteiger partial charge on any atom is 0.250 e. The predicted molar refractivity (Wildman–Crippen MR) is 144 cm³/mol. The van der Waals surface area contributed by atoms with Gasteiger partial charge in [0.15, 0.2) is 11.6 Å². The third kappa shape index (κ3) is 6.77. The van der Waals surface area contributed by atoms with E-state index in [2.05, 4.69) is 16.3 Å². The zero-order valence-electron chi connectivity index (χ0n) is 22.9. The first-order valence-corrected chi connectivity index (χ1v) is 14.2. The Morgan fingerprint density at radius 1 is 1.10 bits per heavy atom. The number of benzene rings is 2. The normalized spacial score (nSPS) is 20.1. The summed E-state index contributed by atoms with van der Waals surface area (Å²) in [5.74, 6) is -4.71. The molecule has 1 N–H and O–H groups in total.